The Balaban J connectivity index is 0.000000219. The number of nitrogens with two attached hydrogens (primary N) is 3. The summed E-state index contributed by atoms with van der Waals surface area (Å²) in [5.41, 5.74) is 18.0. The van der Waals surface area contributed by atoms with Crippen LogP contribution < -0.4 is 27.8 Å². The van der Waals surface area contributed by atoms with Crippen LogP contribution in [-0.4, -0.2) is 152 Å². The highest BCUT2D eigenvalue weighted by Gasteiger charge is 2.45. The fourth-order valence-electron chi connectivity index (χ4n) is 6.48. The van der Waals surface area contributed by atoms with Gasteiger partial charge in [-0.2, -0.15) is 0 Å². The number of H-pyrrole nitrogens is 2. The number of guanidine groups is 1. The van der Waals surface area contributed by atoms with Crippen LogP contribution in [0.4, 0.5) is 11.9 Å². The summed E-state index contributed by atoms with van der Waals surface area (Å²) in [5.74, 6) is 1.09. The van der Waals surface area contributed by atoms with Crippen LogP contribution in [0.5, 0.6) is 0 Å². The largest absolute Gasteiger partial charge is 0.394 e. The Hall–Kier alpha value is -3.95. The summed E-state index contributed by atoms with van der Waals surface area (Å²) in [6.45, 7) is 1.97. The summed E-state index contributed by atoms with van der Waals surface area (Å²) in [6.07, 6.45) is 2.63. The molecule has 4 aromatic heterocycles. The summed E-state index contributed by atoms with van der Waals surface area (Å²) in [5, 5.41) is 65.5. The predicted octanol–water partition coefficient (Wildman–Crippen LogP) is -0.623. The van der Waals surface area contributed by atoms with Crippen LogP contribution in [0.3, 0.4) is 0 Å². The van der Waals surface area contributed by atoms with Gasteiger partial charge in [0.1, 0.15) is 59.0 Å². The SMILES string of the molecule is NC(N)=NCCCCCCNc1nc(=S)c2ncn([C@@H]3O[C@H](CO)C(O)[C@@H]3O)c2[nH]1.NCCCCCCNc1nc(=S)c2ncn([C@@H]3O[C@H](CO)C(O)[C@@H]3O)c2[nH]1. The maximum atomic E-state index is 10.3. The number of aromatic nitrogens is 8. The number of unbranched alkanes of at least 4 members (excludes halogenated alkanes) is 6. The van der Waals surface area contributed by atoms with E-state index in [1.54, 1.807) is 9.13 Å². The number of nitrogens with one attached hydrogen (secondary N) is 4. The van der Waals surface area contributed by atoms with Crippen LogP contribution in [0.25, 0.3) is 22.3 Å². The van der Waals surface area contributed by atoms with Crippen LogP contribution >= 0.6 is 24.4 Å². The molecule has 24 heteroatoms. The highest BCUT2D eigenvalue weighted by molar-refractivity contribution is 7.71. The minimum atomic E-state index is -1.22. The minimum Gasteiger partial charge on any atom is -0.394 e. The maximum absolute atomic E-state index is 10.3. The molecule has 2 unspecified atom stereocenters. The zero-order valence-electron chi connectivity index (χ0n) is 31.4. The molecule has 16 N–H and O–H groups in total. The van der Waals surface area contributed by atoms with Crippen molar-refractivity contribution in [2.75, 3.05) is 50.0 Å². The third-order valence-corrected chi connectivity index (χ3v) is 10.1. The number of aliphatic hydroxyl groups is 6. The number of anilines is 2. The van der Waals surface area contributed by atoms with Crippen molar-refractivity contribution in [3.8, 4) is 0 Å². The summed E-state index contributed by atoms with van der Waals surface area (Å²) in [4.78, 5) is 27.3. The molecule has 316 valence electrons. The number of hydrogen-bond acceptors (Lipinski definition) is 18. The van der Waals surface area contributed by atoms with Gasteiger partial charge in [0.15, 0.2) is 27.7 Å². The minimum absolute atomic E-state index is 0.115. The molecule has 0 bridgehead atoms. The molecule has 2 aliphatic heterocycles. The van der Waals surface area contributed by atoms with Gasteiger partial charge in [-0.1, -0.05) is 50.1 Å². The van der Waals surface area contributed by atoms with E-state index >= 15 is 0 Å². The van der Waals surface area contributed by atoms with E-state index in [1.165, 1.54) is 12.7 Å². The average molecular weight is 839 g/mol. The topological polar surface area (TPSA) is 347 Å². The van der Waals surface area contributed by atoms with Gasteiger partial charge in [0.25, 0.3) is 0 Å². The Morgan fingerprint density at radius 3 is 1.54 bits per heavy atom. The molecule has 0 saturated carbocycles. The standard InChI is InChI=1S/C17H28N8O4S.C16H26N6O4S/c18-16(19)20-5-3-1-2-4-6-21-17-23-13-10(14(30)24-17)22-8-25(13)15-12(28)11(27)9(7-26)29-15;17-5-3-1-2-4-6-18-16-20-13-10(14(27)21-16)19-8-22(13)15-12(25)11(24)9(7-23)26-15/h8-9,11-12,15,26-28H,1-7H2,(H4,18,19,20)(H2,21,23,24,30);8-9,11-12,15,23-25H,1-7,17H2,(H2,18,20,21,27)/t2*9-,11?,12+,15-/m11/s1. The van der Waals surface area contributed by atoms with Crippen molar-refractivity contribution < 1.29 is 40.1 Å². The van der Waals surface area contributed by atoms with Crippen LogP contribution in [0, 0.1) is 9.28 Å². The van der Waals surface area contributed by atoms with Gasteiger partial charge in [-0.25, -0.2) is 19.9 Å². The number of aliphatic hydroxyl groups excluding tert-OH is 6. The smallest absolute Gasteiger partial charge is 0.203 e. The highest BCUT2D eigenvalue weighted by atomic mass is 32.1. The number of ether oxygens (including phenoxy) is 2. The summed E-state index contributed by atoms with van der Waals surface area (Å²) in [7, 11) is 0. The number of nitrogens with zero attached hydrogens (tertiary/aromatic N) is 7. The molecule has 6 rings (SSSR count). The van der Waals surface area contributed by atoms with E-state index in [0.717, 1.165) is 57.9 Å². The summed E-state index contributed by atoms with van der Waals surface area (Å²) >= 11 is 10.6. The van der Waals surface area contributed by atoms with Crippen molar-refractivity contribution >= 4 is 64.6 Å². The Morgan fingerprint density at radius 1 is 0.702 bits per heavy atom. The Kier molecular flexibility index (Phi) is 16.4. The first-order valence-electron chi connectivity index (χ1n) is 18.9. The van der Waals surface area contributed by atoms with E-state index in [2.05, 4.69) is 45.5 Å². The fraction of sp³-hybridized carbons (Fsp3) is 0.667. The van der Waals surface area contributed by atoms with Crippen LogP contribution in [-0.2, 0) is 9.47 Å². The van der Waals surface area contributed by atoms with E-state index in [1.807, 2.05) is 0 Å². The lowest BCUT2D eigenvalue weighted by atomic mass is 10.1. The lowest BCUT2D eigenvalue weighted by Gasteiger charge is -2.17. The van der Waals surface area contributed by atoms with Gasteiger partial charge in [0, 0.05) is 19.6 Å². The molecule has 6 heterocycles. The molecule has 2 saturated heterocycles. The van der Waals surface area contributed by atoms with Crippen LogP contribution in [0.15, 0.2) is 17.6 Å². The molecule has 0 spiro atoms. The first kappa shape index (κ1) is 44.2. The fourth-order valence-corrected chi connectivity index (χ4v) is 6.96. The molecule has 4 aromatic rings. The molecule has 2 fully saturated rings. The number of aliphatic imine (C=N–C) groups is 1. The zero-order chi connectivity index (χ0) is 41.1. The molecule has 0 amide bonds. The van der Waals surface area contributed by atoms with Crippen molar-refractivity contribution in [2.24, 2.45) is 22.2 Å². The first-order chi connectivity index (χ1) is 27.5. The number of rotatable bonds is 19. The second kappa shape index (κ2) is 21.2. The summed E-state index contributed by atoms with van der Waals surface area (Å²) < 4.78 is 14.9. The molecule has 0 radical (unpaired) electrons. The third-order valence-electron chi connectivity index (χ3n) is 9.57. The van der Waals surface area contributed by atoms with Gasteiger partial charge in [0.05, 0.1) is 25.9 Å². The average Bonchev–Trinajstić information content (AvgIpc) is 3.95. The van der Waals surface area contributed by atoms with Gasteiger partial charge in [-0.3, -0.25) is 14.1 Å². The van der Waals surface area contributed by atoms with Crippen LogP contribution in [0.1, 0.15) is 63.8 Å². The lowest BCUT2D eigenvalue weighted by Crippen LogP contribution is -2.33. The Morgan fingerprint density at radius 2 is 1.14 bits per heavy atom. The van der Waals surface area contributed by atoms with E-state index in [0.29, 0.717) is 63.1 Å². The van der Waals surface area contributed by atoms with Crippen molar-refractivity contribution in [2.45, 2.75) is 100 Å². The summed E-state index contributed by atoms with van der Waals surface area (Å²) in [6, 6.07) is 0. The van der Waals surface area contributed by atoms with Gasteiger partial charge >= 0.3 is 0 Å². The molecular weight excluding hydrogens is 785 g/mol. The molecule has 0 aliphatic carbocycles. The normalized spacial score (nSPS) is 24.5. The molecule has 0 aromatic carbocycles. The third kappa shape index (κ3) is 11.0. The molecule has 8 atom stereocenters. The monoisotopic (exact) mass is 838 g/mol. The molecule has 2 aliphatic rings. The molecular formula is C33H54N14O8S2. The van der Waals surface area contributed by atoms with Gasteiger partial charge in [-0.15, -0.1) is 0 Å². The van der Waals surface area contributed by atoms with Crippen molar-refractivity contribution in [3.63, 3.8) is 0 Å². The molecule has 22 nitrogen and oxygen atoms in total. The Labute approximate surface area is 337 Å². The maximum Gasteiger partial charge on any atom is 0.203 e. The second-order valence-electron chi connectivity index (χ2n) is 13.7. The van der Waals surface area contributed by atoms with Crippen molar-refractivity contribution in [1.82, 2.24) is 39.0 Å². The zero-order valence-corrected chi connectivity index (χ0v) is 33.0. The van der Waals surface area contributed by atoms with Crippen molar-refractivity contribution in [3.05, 3.63) is 21.9 Å². The van der Waals surface area contributed by atoms with Gasteiger partial charge in [0.2, 0.25) is 11.9 Å². The van der Waals surface area contributed by atoms with Gasteiger partial charge in [-0.05, 0) is 32.2 Å². The van der Waals surface area contributed by atoms with E-state index < -0.39 is 62.3 Å². The Bertz CT molecular complexity index is 2020. The lowest BCUT2D eigenvalue weighted by molar-refractivity contribution is -0.0511. The molecule has 57 heavy (non-hydrogen) atoms. The quantitative estimate of drug-likeness (QED) is 0.0242. The van der Waals surface area contributed by atoms with Gasteiger partial charge < -0.3 is 77.9 Å². The number of fused-ring (bicyclic) bond motifs is 2. The number of aromatic amines is 2. The number of hydrogen-bond donors (Lipinski definition) is 13. The second-order valence-corrected chi connectivity index (χ2v) is 14.5. The van der Waals surface area contributed by atoms with E-state index in [-0.39, 0.29) is 5.96 Å². The van der Waals surface area contributed by atoms with Crippen molar-refractivity contribution in [1.29, 1.82) is 0 Å². The van der Waals surface area contributed by atoms with E-state index in [4.69, 9.17) is 51.1 Å². The first-order valence-corrected chi connectivity index (χ1v) is 19.7. The predicted molar refractivity (Wildman–Crippen MR) is 215 cm³/mol. The van der Waals surface area contributed by atoms with Crippen LogP contribution in [0.2, 0.25) is 0 Å². The van der Waals surface area contributed by atoms with E-state index in [9.17, 15) is 30.6 Å². The highest BCUT2D eigenvalue weighted by Crippen LogP contribution is 2.33. The number of imidazole rings is 2.